The van der Waals surface area contributed by atoms with Crippen LogP contribution < -0.4 is 5.32 Å². The van der Waals surface area contributed by atoms with Gasteiger partial charge in [0.25, 0.3) is 11.8 Å². The van der Waals surface area contributed by atoms with E-state index < -0.39 is 17.9 Å². The van der Waals surface area contributed by atoms with Crippen molar-refractivity contribution < 1.29 is 17.6 Å². The van der Waals surface area contributed by atoms with Crippen molar-refractivity contribution in [2.75, 3.05) is 0 Å². The van der Waals surface area contributed by atoms with Crippen LogP contribution in [-0.4, -0.2) is 18.0 Å². The summed E-state index contributed by atoms with van der Waals surface area (Å²) in [6, 6.07) is 5.14. The molecule has 1 aromatic carbocycles. The lowest BCUT2D eigenvalue weighted by Crippen LogP contribution is -2.48. The van der Waals surface area contributed by atoms with E-state index in [1.807, 2.05) is 78.8 Å². The van der Waals surface area contributed by atoms with Crippen LogP contribution in [0.3, 0.4) is 0 Å². The lowest BCUT2D eigenvalue weighted by atomic mass is 9.98. The van der Waals surface area contributed by atoms with Crippen molar-refractivity contribution in [3.05, 3.63) is 114 Å². The van der Waals surface area contributed by atoms with Gasteiger partial charge in [-0.15, -0.1) is 0 Å². The molecule has 0 spiro atoms. The lowest BCUT2D eigenvalue weighted by Gasteiger charge is -2.29. The van der Waals surface area contributed by atoms with E-state index in [9.17, 15) is 17.6 Å². The molecule has 39 heavy (non-hydrogen) atoms. The van der Waals surface area contributed by atoms with Gasteiger partial charge in [0.15, 0.2) is 0 Å². The second-order valence-electron chi connectivity index (χ2n) is 9.20. The molecule has 2 atom stereocenters. The lowest BCUT2D eigenvalue weighted by molar-refractivity contribution is -0.00679. The fourth-order valence-electron chi connectivity index (χ4n) is 3.36. The number of hydrogen-bond acceptors (Lipinski definition) is 1. The molecule has 0 saturated heterocycles. The van der Waals surface area contributed by atoms with E-state index in [-0.39, 0.29) is 11.6 Å². The van der Waals surface area contributed by atoms with E-state index in [4.69, 9.17) is 0 Å². The van der Waals surface area contributed by atoms with Gasteiger partial charge in [-0.05, 0) is 52.7 Å². The number of allylic oxidation sites excluding steroid dienone is 9. The number of alkyl halides is 4. The van der Waals surface area contributed by atoms with E-state index in [0.717, 1.165) is 25.0 Å². The summed E-state index contributed by atoms with van der Waals surface area (Å²) in [5, 5.41) is 3.02. The summed E-state index contributed by atoms with van der Waals surface area (Å²) in [5.41, 5.74) is 3.69. The summed E-state index contributed by atoms with van der Waals surface area (Å²) in [5.74, 6) is -5.70. The maximum atomic E-state index is 14.0. The third-order valence-electron chi connectivity index (χ3n) is 5.69. The van der Waals surface area contributed by atoms with Crippen LogP contribution in [-0.2, 0) is 5.92 Å². The number of halogens is 4. The predicted molar refractivity (Wildman–Crippen MR) is 164 cm³/mol. The van der Waals surface area contributed by atoms with Crippen molar-refractivity contribution in [1.82, 2.24) is 5.32 Å². The van der Waals surface area contributed by atoms with Crippen molar-refractivity contribution in [1.29, 1.82) is 0 Å². The quantitative estimate of drug-likeness (QED) is 0.215. The Morgan fingerprint density at radius 2 is 1.33 bits per heavy atom. The summed E-state index contributed by atoms with van der Waals surface area (Å²) < 4.78 is 54.1. The molecule has 0 aliphatic heterocycles. The molecule has 1 nitrogen and oxygen atoms in total. The highest BCUT2D eigenvalue weighted by molar-refractivity contribution is 5.65. The fourth-order valence-corrected chi connectivity index (χ4v) is 3.36. The minimum absolute atomic E-state index is 0.0440. The second kappa shape index (κ2) is 19.2. The molecular weight excluding hydrogens is 498 g/mol. The average Bonchev–Trinajstić information content (AvgIpc) is 2.87. The van der Waals surface area contributed by atoms with Gasteiger partial charge in [0.05, 0.1) is 6.04 Å². The standard InChI is InChI=1S/C21H31F2N.C11H12F2.C2H6/c1-8-10-12-14-16(3)18(5)19(6)24-20(21(7,22)23)17(4)15-13-11-9-2;1-8(2)9-6-4-5-7-10(9)11(3,12)13;1-2/h8-15,19-20,24H,4H2,1-3,5-7H3;4-7H,1H2,2-3H3;1-2H3/b10-8-,11-9-,14-12-,15-13-,18-16-;;. The molecule has 1 rings (SSSR count). The van der Waals surface area contributed by atoms with Crippen molar-refractivity contribution >= 4 is 5.57 Å². The highest BCUT2D eigenvalue weighted by Gasteiger charge is 2.36. The molecule has 0 saturated carbocycles. The smallest absolute Gasteiger partial charge is 0.271 e. The van der Waals surface area contributed by atoms with E-state index >= 15 is 0 Å². The summed E-state index contributed by atoms with van der Waals surface area (Å²) in [6.45, 7) is 24.7. The third kappa shape index (κ3) is 15.3. The Morgan fingerprint density at radius 3 is 1.74 bits per heavy atom. The van der Waals surface area contributed by atoms with E-state index in [1.54, 1.807) is 43.4 Å². The minimum atomic E-state index is -2.90. The Kier molecular flexibility index (Phi) is 18.8. The predicted octanol–water partition coefficient (Wildman–Crippen LogP) is 11.0. The summed E-state index contributed by atoms with van der Waals surface area (Å²) in [4.78, 5) is 0. The van der Waals surface area contributed by atoms with Crippen LogP contribution in [0, 0.1) is 0 Å². The molecule has 0 fully saturated rings. The molecule has 2 unspecified atom stereocenters. The van der Waals surface area contributed by atoms with Crippen molar-refractivity contribution in [2.24, 2.45) is 0 Å². The van der Waals surface area contributed by atoms with Crippen molar-refractivity contribution in [3.63, 3.8) is 0 Å². The highest BCUT2D eigenvalue weighted by Crippen LogP contribution is 2.32. The number of nitrogens with one attached hydrogen (secondary N) is 1. The molecule has 0 bridgehead atoms. The molecule has 1 N–H and O–H groups in total. The SMILES string of the molecule is C=C(/C=C\C=C/C)C(NC(C)\C(C)=C(C)/C=C\C=C/C)C(C)(F)F.C=C(C)c1ccccc1C(C)(F)F.CC. The summed E-state index contributed by atoms with van der Waals surface area (Å²) in [6.07, 6.45) is 14.8. The van der Waals surface area contributed by atoms with Gasteiger partial charge < -0.3 is 0 Å². The Labute approximate surface area is 235 Å². The van der Waals surface area contributed by atoms with Gasteiger partial charge in [0.2, 0.25) is 0 Å². The topological polar surface area (TPSA) is 12.0 Å². The highest BCUT2D eigenvalue weighted by atomic mass is 19.3. The van der Waals surface area contributed by atoms with Crippen molar-refractivity contribution in [3.8, 4) is 0 Å². The Morgan fingerprint density at radius 1 is 0.846 bits per heavy atom. The molecule has 0 radical (unpaired) electrons. The van der Waals surface area contributed by atoms with Crippen molar-refractivity contribution in [2.45, 2.75) is 93.2 Å². The molecule has 1 aromatic rings. The first-order valence-electron chi connectivity index (χ1n) is 13.3. The zero-order valence-electron chi connectivity index (χ0n) is 25.5. The third-order valence-corrected chi connectivity index (χ3v) is 5.69. The van der Waals surface area contributed by atoms with Gasteiger partial charge in [0.1, 0.15) is 0 Å². The van der Waals surface area contributed by atoms with Gasteiger partial charge in [0, 0.05) is 25.5 Å². The molecule has 218 valence electrons. The molecule has 0 aliphatic carbocycles. The monoisotopic (exact) mass is 547 g/mol. The van der Waals surface area contributed by atoms with Gasteiger partial charge in [-0.1, -0.05) is 117 Å². The Balaban J connectivity index is 0. The Bertz CT molecular complexity index is 1030. The number of hydrogen-bond donors (Lipinski definition) is 1. The first-order chi connectivity index (χ1) is 18.1. The van der Waals surface area contributed by atoms with Crippen LogP contribution in [0.2, 0.25) is 0 Å². The van der Waals surface area contributed by atoms with Crippen LogP contribution in [0.4, 0.5) is 17.6 Å². The van der Waals surface area contributed by atoms with Crippen LogP contribution in [0.5, 0.6) is 0 Å². The number of rotatable bonds is 11. The first kappa shape index (κ1) is 38.2. The minimum Gasteiger partial charge on any atom is -0.299 e. The van der Waals surface area contributed by atoms with Crippen LogP contribution in [0.15, 0.2) is 103 Å². The van der Waals surface area contributed by atoms with Gasteiger partial charge in [-0.2, -0.15) is 0 Å². The molecule has 0 amide bonds. The fraction of sp³-hybridized carbons (Fsp3) is 0.412. The largest absolute Gasteiger partial charge is 0.299 e. The molecular formula is C34H49F4N. The van der Waals surface area contributed by atoms with E-state index in [1.165, 1.54) is 6.07 Å². The summed E-state index contributed by atoms with van der Waals surface area (Å²) in [7, 11) is 0. The van der Waals surface area contributed by atoms with Crippen LogP contribution >= 0.6 is 0 Å². The van der Waals surface area contributed by atoms with Gasteiger partial charge >= 0.3 is 0 Å². The maximum absolute atomic E-state index is 14.0. The van der Waals surface area contributed by atoms with Gasteiger partial charge in [-0.25, -0.2) is 17.6 Å². The zero-order valence-corrected chi connectivity index (χ0v) is 25.5. The molecule has 0 aliphatic rings. The van der Waals surface area contributed by atoms with Crippen LogP contribution in [0.1, 0.15) is 80.4 Å². The number of benzene rings is 1. The van der Waals surface area contributed by atoms with E-state index in [0.29, 0.717) is 16.7 Å². The summed E-state index contributed by atoms with van der Waals surface area (Å²) >= 11 is 0. The molecule has 0 aromatic heterocycles. The van der Waals surface area contributed by atoms with Gasteiger partial charge in [-0.3, -0.25) is 5.32 Å². The Hall–Kier alpha value is -2.92. The average molecular weight is 548 g/mol. The van der Waals surface area contributed by atoms with Crippen LogP contribution in [0.25, 0.3) is 5.57 Å². The molecule has 5 heteroatoms. The normalized spacial score (nSPS) is 14.5. The maximum Gasteiger partial charge on any atom is 0.271 e. The zero-order chi connectivity index (χ0) is 30.8. The first-order valence-corrected chi connectivity index (χ1v) is 13.3. The second-order valence-corrected chi connectivity index (χ2v) is 9.20. The molecule has 0 heterocycles. The van der Waals surface area contributed by atoms with E-state index in [2.05, 4.69) is 18.5 Å².